The Bertz CT molecular complexity index is 4540. The number of carbonyl (C=O) groups is 6. The number of hydrogen-bond acceptors (Lipinski definition) is 18. The summed E-state index contributed by atoms with van der Waals surface area (Å²) in [6, 6.07) is 11.9. The molecule has 7 N–H and O–H groups in total. The molecular formula is C67H76F9N23O6. The second kappa shape index (κ2) is 32.4. The topological polar surface area (TPSA) is 337 Å². The lowest BCUT2D eigenvalue weighted by Gasteiger charge is -2.41. The molecule has 558 valence electrons. The molecule has 3 atom stereocenters. The van der Waals surface area contributed by atoms with Crippen LogP contribution in [0.4, 0.5) is 66.6 Å². The number of H-pyrrole nitrogens is 3. The Morgan fingerprint density at radius 2 is 0.810 bits per heavy atom. The quantitative estimate of drug-likeness (QED) is 0.0494. The lowest BCUT2D eigenvalue weighted by Crippen LogP contribution is -2.62. The number of pyridine rings is 3. The third-order valence-electron chi connectivity index (χ3n) is 16.8. The lowest BCUT2D eigenvalue weighted by molar-refractivity contribution is -0.141. The molecule has 9 aromatic rings. The minimum Gasteiger partial charge on any atom is -0.345 e. The Morgan fingerprint density at radius 3 is 1.15 bits per heavy atom. The standard InChI is InChI=1S/C24H28F3N7O2.C22H25F3N8O2.C21H23F3N8O2/c1-23(2,3)11-19(35)33-9-10-34(17(13-33)22(36)31-14-24(25,26)27)18-6-8-29-21(32-18)16-12-30-20-15(16)5-4-7-28-20;1-2-6-28-21(35)32-9-10-33(16(12-32)20(34)30-13-22(23,24)25)17-5-8-27-19(31-17)15-11-29-18-14(15)4-3-7-26-18;1-30(2)20(34)31-8-9-32(15(11-31)19(33)28-12-21(22,23)24)16-5-7-26-18(29-16)14-10-27-17-13(14)4-3-6-25-17/h4-8,12,17H,9-11,13-14H2,1-3H3,(H,28,30)(H,31,36);3-5,7-8,11,16H,2,6,9-10,12-13H2,1H3,(H,26,29)(H,28,35)(H,30,34);3-7,10,15H,8-9,11-12H2,1-2H3,(H,25,27)(H,28,33)/t17-;16-;15-/m111/s1. The van der Waals surface area contributed by atoms with Crippen molar-refractivity contribution in [3.63, 3.8) is 0 Å². The molecule has 12 heterocycles. The van der Waals surface area contributed by atoms with Crippen LogP contribution in [0.2, 0.25) is 0 Å². The Morgan fingerprint density at radius 1 is 0.467 bits per heavy atom. The van der Waals surface area contributed by atoms with Gasteiger partial charge in [-0.15, -0.1) is 0 Å². The molecule has 0 aliphatic carbocycles. The second-order valence-electron chi connectivity index (χ2n) is 26.0. The fourth-order valence-corrected chi connectivity index (χ4v) is 11.9. The van der Waals surface area contributed by atoms with Crippen LogP contribution in [-0.4, -0.2) is 251 Å². The van der Waals surface area contributed by atoms with Crippen molar-refractivity contribution in [3.8, 4) is 34.2 Å². The molecule has 0 spiro atoms. The van der Waals surface area contributed by atoms with Crippen LogP contribution in [0.1, 0.15) is 40.5 Å². The van der Waals surface area contributed by atoms with E-state index in [9.17, 15) is 68.3 Å². The summed E-state index contributed by atoms with van der Waals surface area (Å²) in [5.74, 6) is -0.404. The highest BCUT2D eigenvalue weighted by Gasteiger charge is 2.42. The number of nitrogens with zero attached hydrogens (tertiary/aromatic N) is 16. The predicted molar refractivity (Wildman–Crippen MR) is 369 cm³/mol. The Balaban J connectivity index is 0.000000169. The first-order valence-corrected chi connectivity index (χ1v) is 33.2. The van der Waals surface area contributed by atoms with Gasteiger partial charge in [0.25, 0.3) is 0 Å². The molecule has 3 aliphatic heterocycles. The number of alkyl halides is 9. The van der Waals surface area contributed by atoms with Crippen molar-refractivity contribution in [2.45, 2.75) is 77.2 Å². The molecule has 0 saturated carbocycles. The number of rotatable bonds is 15. The second-order valence-corrected chi connectivity index (χ2v) is 26.0. The summed E-state index contributed by atoms with van der Waals surface area (Å²) >= 11 is 0. The van der Waals surface area contributed by atoms with Crippen molar-refractivity contribution in [3.05, 3.63) is 110 Å². The van der Waals surface area contributed by atoms with Gasteiger partial charge in [0.15, 0.2) is 17.5 Å². The van der Waals surface area contributed by atoms with Gasteiger partial charge in [-0.25, -0.2) is 54.4 Å². The summed E-state index contributed by atoms with van der Waals surface area (Å²) < 4.78 is 115. The first-order valence-electron chi connectivity index (χ1n) is 33.2. The smallest absolute Gasteiger partial charge is 0.345 e. The van der Waals surface area contributed by atoms with Gasteiger partial charge in [-0.1, -0.05) is 27.7 Å². The lowest BCUT2D eigenvalue weighted by atomic mass is 9.91. The number of aromatic amines is 3. The predicted octanol–water partition coefficient (Wildman–Crippen LogP) is 7.33. The number of aromatic nitrogens is 12. The number of amides is 8. The van der Waals surface area contributed by atoms with Gasteiger partial charge in [-0.2, -0.15) is 39.5 Å². The average molecular weight is 1470 g/mol. The van der Waals surface area contributed by atoms with Crippen molar-refractivity contribution in [1.29, 1.82) is 0 Å². The zero-order valence-electron chi connectivity index (χ0n) is 57.7. The highest BCUT2D eigenvalue weighted by Crippen LogP contribution is 2.32. The highest BCUT2D eigenvalue weighted by molar-refractivity contribution is 5.95. The SMILES string of the molecule is CC(C)(C)CC(=O)N1CCN(c2ccnc(-c3c[nH]c4ncccc34)n2)[C@@H](C(=O)NCC(F)(F)F)C1.CCCNC(=O)N1CCN(c2ccnc(-c3c[nH]c4ncccc34)n2)[C@@H](C(=O)NCC(F)(F)F)C1.CN(C)C(=O)N1CCN(c2ccnc(-c3c[nH]c4ncccc34)n2)[C@@H](C(=O)NCC(F)(F)F)C1. The van der Waals surface area contributed by atoms with Crippen molar-refractivity contribution in [1.82, 2.24) is 101 Å². The minimum absolute atomic E-state index is 0.0467. The molecule has 3 aliphatic rings. The maximum atomic E-state index is 12.9. The van der Waals surface area contributed by atoms with Crippen LogP contribution in [0.25, 0.3) is 67.3 Å². The maximum Gasteiger partial charge on any atom is 0.405 e. The van der Waals surface area contributed by atoms with Gasteiger partial charge in [0, 0.05) is 155 Å². The molecule has 3 fully saturated rings. The van der Waals surface area contributed by atoms with Gasteiger partial charge in [0.1, 0.15) is 72.2 Å². The van der Waals surface area contributed by atoms with E-state index in [0.29, 0.717) is 81.6 Å². The van der Waals surface area contributed by atoms with Crippen molar-refractivity contribution in [2.75, 3.05) is 114 Å². The largest absolute Gasteiger partial charge is 0.405 e. The number of urea groups is 2. The molecule has 12 rings (SSSR count). The zero-order chi connectivity index (χ0) is 75.5. The summed E-state index contributed by atoms with van der Waals surface area (Å²) in [5, 5.41) is 11.0. The number of carbonyl (C=O) groups excluding carboxylic acids is 6. The molecule has 0 bridgehead atoms. The normalized spacial score (nSPS) is 16.6. The van der Waals surface area contributed by atoms with Crippen LogP contribution < -0.4 is 36.0 Å². The van der Waals surface area contributed by atoms with Crippen LogP contribution >= 0.6 is 0 Å². The molecule has 105 heavy (non-hydrogen) atoms. The van der Waals surface area contributed by atoms with Gasteiger partial charge in [0.2, 0.25) is 23.6 Å². The number of halogens is 9. The first-order chi connectivity index (χ1) is 49.8. The summed E-state index contributed by atoms with van der Waals surface area (Å²) in [7, 11) is 3.14. The maximum absolute atomic E-state index is 12.9. The van der Waals surface area contributed by atoms with E-state index in [0.717, 1.165) is 22.6 Å². The van der Waals surface area contributed by atoms with E-state index >= 15 is 0 Å². The molecule has 0 aromatic carbocycles. The van der Waals surface area contributed by atoms with E-state index in [1.165, 1.54) is 38.2 Å². The molecule has 0 unspecified atom stereocenters. The average Bonchev–Trinajstić information content (AvgIpc) is 1.78. The minimum atomic E-state index is -4.56. The Kier molecular flexibility index (Phi) is 23.5. The summed E-state index contributed by atoms with van der Waals surface area (Å²) in [6.45, 7) is 5.04. The summed E-state index contributed by atoms with van der Waals surface area (Å²) in [6.07, 6.45) is 2.04. The number of piperazine rings is 3. The van der Waals surface area contributed by atoms with Crippen molar-refractivity contribution >= 4 is 86.2 Å². The molecule has 38 heteroatoms. The fourth-order valence-electron chi connectivity index (χ4n) is 11.9. The number of fused-ring (bicyclic) bond motifs is 3. The van der Waals surface area contributed by atoms with E-state index in [4.69, 9.17) is 0 Å². The number of nitrogens with one attached hydrogen (secondary N) is 7. The van der Waals surface area contributed by atoms with Gasteiger partial charge < -0.3 is 70.5 Å². The van der Waals surface area contributed by atoms with E-state index in [-0.39, 0.29) is 82.2 Å². The van der Waals surface area contributed by atoms with E-state index in [1.54, 1.807) is 102 Å². The zero-order valence-corrected chi connectivity index (χ0v) is 57.7. The monoisotopic (exact) mass is 1470 g/mol. The summed E-state index contributed by atoms with van der Waals surface area (Å²) in [5.41, 5.74) is 3.82. The van der Waals surface area contributed by atoms with Crippen LogP contribution in [0.15, 0.2) is 110 Å². The molecule has 8 amide bonds. The van der Waals surface area contributed by atoms with Crippen LogP contribution in [0.5, 0.6) is 0 Å². The molecule has 0 radical (unpaired) electrons. The van der Waals surface area contributed by atoms with Crippen LogP contribution in [0.3, 0.4) is 0 Å². The highest BCUT2D eigenvalue weighted by atomic mass is 19.4. The van der Waals surface area contributed by atoms with Gasteiger partial charge in [-0.05, 0) is 66.4 Å². The molecule has 3 saturated heterocycles. The van der Waals surface area contributed by atoms with Gasteiger partial charge in [0.05, 0.1) is 19.6 Å². The first kappa shape index (κ1) is 76.1. The summed E-state index contributed by atoms with van der Waals surface area (Å²) in [4.78, 5) is 136. The third-order valence-corrected chi connectivity index (χ3v) is 16.8. The van der Waals surface area contributed by atoms with Crippen molar-refractivity contribution in [2.24, 2.45) is 5.41 Å². The molecular weight excluding hydrogens is 1390 g/mol. The van der Waals surface area contributed by atoms with Gasteiger partial charge >= 0.3 is 30.6 Å². The fraction of sp³-hybridized carbons (Fsp3) is 0.418. The van der Waals surface area contributed by atoms with E-state index in [1.807, 2.05) is 61.8 Å². The third kappa shape index (κ3) is 19.6. The number of anilines is 3. The number of hydrogen-bond donors (Lipinski definition) is 7. The van der Waals surface area contributed by atoms with Crippen LogP contribution in [-0.2, 0) is 19.2 Å². The molecule has 9 aromatic heterocycles. The van der Waals surface area contributed by atoms with E-state index < -0.39 is 74.0 Å². The van der Waals surface area contributed by atoms with E-state index in [2.05, 4.69) is 65.1 Å². The van der Waals surface area contributed by atoms with Crippen molar-refractivity contribution < 1.29 is 68.3 Å². The Hall–Kier alpha value is -11.5. The van der Waals surface area contributed by atoms with Crippen LogP contribution in [0, 0.1) is 5.41 Å². The van der Waals surface area contributed by atoms with Gasteiger partial charge in [-0.3, -0.25) is 19.2 Å². The molecule has 29 nitrogen and oxygen atoms in total. The Labute approximate surface area is 594 Å².